The number of hydrogen-bond acceptors (Lipinski definition) is 4. The molecular formula is C18H32N6O2. The van der Waals surface area contributed by atoms with Gasteiger partial charge in [-0.15, -0.1) is 0 Å². The van der Waals surface area contributed by atoms with E-state index in [1.165, 1.54) is 5.69 Å². The van der Waals surface area contributed by atoms with Gasteiger partial charge in [0, 0.05) is 45.0 Å². The summed E-state index contributed by atoms with van der Waals surface area (Å²) in [5, 5.41) is 11.3. The Balaban J connectivity index is 1.67. The van der Waals surface area contributed by atoms with Gasteiger partial charge in [0.25, 0.3) is 0 Å². The number of carbonyl (C=O) groups is 1. The number of likely N-dealkylation sites (tertiary alicyclic amines) is 1. The molecular weight excluding hydrogens is 332 g/mol. The van der Waals surface area contributed by atoms with E-state index < -0.39 is 0 Å². The van der Waals surface area contributed by atoms with Crippen molar-refractivity contribution in [2.75, 3.05) is 33.3 Å². The Morgan fingerprint density at radius 2 is 2.12 bits per heavy atom. The molecule has 1 aliphatic rings. The zero-order valence-electron chi connectivity index (χ0n) is 16.4. The van der Waals surface area contributed by atoms with Crippen LogP contribution in [0.25, 0.3) is 0 Å². The predicted octanol–water partition coefficient (Wildman–Crippen LogP) is 1.68. The second-order valence-electron chi connectivity index (χ2n) is 6.61. The lowest BCUT2D eigenvalue weighted by Crippen LogP contribution is -2.50. The number of piperidine rings is 1. The van der Waals surface area contributed by atoms with Crippen molar-refractivity contribution in [3.8, 4) is 0 Å². The van der Waals surface area contributed by atoms with Crippen molar-refractivity contribution in [2.24, 2.45) is 4.99 Å². The van der Waals surface area contributed by atoms with Crippen molar-refractivity contribution in [3.05, 3.63) is 17.5 Å². The van der Waals surface area contributed by atoms with Crippen LogP contribution in [0.15, 0.2) is 11.1 Å². The first kappa shape index (κ1) is 20.1. The molecule has 0 aromatic carbocycles. The second kappa shape index (κ2) is 10.0. The summed E-state index contributed by atoms with van der Waals surface area (Å²) < 4.78 is 7.09. The van der Waals surface area contributed by atoms with Crippen molar-refractivity contribution in [2.45, 2.75) is 52.6 Å². The molecule has 1 aromatic heterocycles. The Morgan fingerprint density at radius 1 is 1.38 bits per heavy atom. The maximum absolute atomic E-state index is 11.7. The molecule has 8 nitrogen and oxygen atoms in total. The minimum Gasteiger partial charge on any atom is -0.450 e. The van der Waals surface area contributed by atoms with E-state index >= 15 is 0 Å². The summed E-state index contributed by atoms with van der Waals surface area (Å²) in [6.45, 7) is 9.50. The number of rotatable bonds is 6. The number of hydrogen-bond donors (Lipinski definition) is 2. The fraction of sp³-hybridized carbons (Fsp3) is 0.722. The van der Waals surface area contributed by atoms with Crippen molar-refractivity contribution < 1.29 is 9.53 Å². The maximum Gasteiger partial charge on any atom is 0.409 e. The molecule has 2 rings (SSSR count). The van der Waals surface area contributed by atoms with Gasteiger partial charge in [0.2, 0.25) is 0 Å². The third-order valence-electron chi connectivity index (χ3n) is 4.53. The normalized spacial score (nSPS) is 15.8. The van der Waals surface area contributed by atoms with Crippen LogP contribution in [0.3, 0.4) is 0 Å². The molecule has 2 heterocycles. The smallest absolute Gasteiger partial charge is 0.409 e. The third-order valence-corrected chi connectivity index (χ3v) is 4.53. The van der Waals surface area contributed by atoms with Crippen LogP contribution in [-0.2, 0) is 11.3 Å². The fourth-order valence-corrected chi connectivity index (χ4v) is 3.15. The predicted molar refractivity (Wildman–Crippen MR) is 102 cm³/mol. The van der Waals surface area contributed by atoms with Gasteiger partial charge in [-0.3, -0.25) is 9.67 Å². The maximum atomic E-state index is 11.7. The number of nitrogens with one attached hydrogen (secondary N) is 2. The Labute approximate surface area is 156 Å². The minimum absolute atomic E-state index is 0.211. The quantitative estimate of drug-likeness (QED) is 0.456. The summed E-state index contributed by atoms with van der Waals surface area (Å²) in [4.78, 5) is 17.8. The zero-order chi connectivity index (χ0) is 18.9. The molecule has 26 heavy (non-hydrogen) atoms. The number of nitrogens with zero attached hydrogens (tertiary/aromatic N) is 4. The Kier molecular flexibility index (Phi) is 7.74. The number of aryl methyl sites for hydroxylation is 3. The number of amides is 1. The molecule has 0 atom stereocenters. The lowest BCUT2D eigenvalue weighted by molar-refractivity contribution is 0.0963. The molecule has 0 radical (unpaired) electrons. The van der Waals surface area contributed by atoms with Crippen LogP contribution in [0.1, 0.15) is 37.6 Å². The largest absolute Gasteiger partial charge is 0.450 e. The molecule has 1 aromatic rings. The SMILES string of the molecule is CCOC(=O)N1CCC(NC(=NC)NCCCn2nc(C)cc2C)CC1. The first-order chi connectivity index (χ1) is 12.5. The minimum atomic E-state index is -0.211. The Bertz CT molecular complexity index is 605. The molecule has 1 aliphatic heterocycles. The molecule has 1 saturated heterocycles. The van der Waals surface area contributed by atoms with Crippen molar-refractivity contribution in [1.82, 2.24) is 25.3 Å². The zero-order valence-corrected chi connectivity index (χ0v) is 16.4. The first-order valence-corrected chi connectivity index (χ1v) is 9.43. The molecule has 8 heteroatoms. The van der Waals surface area contributed by atoms with Crippen LogP contribution in [-0.4, -0.2) is 66.1 Å². The Morgan fingerprint density at radius 3 is 2.69 bits per heavy atom. The number of aromatic nitrogens is 2. The molecule has 146 valence electrons. The molecule has 1 amide bonds. The number of guanidine groups is 1. The molecule has 0 saturated carbocycles. The average Bonchev–Trinajstić information content (AvgIpc) is 2.95. The van der Waals surface area contributed by atoms with Gasteiger partial charge in [-0.25, -0.2) is 4.79 Å². The highest BCUT2D eigenvalue weighted by Gasteiger charge is 2.23. The summed E-state index contributed by atoms with van der Waals surface area (Å²) in [5.41, 5.74) is 2.25. The van der Waals surface area contributed by atoms with Crippen molar-refractivity contribution in [3.63, 3.8) is 0 Å². The molecule has 2 N–H and O–H groups in total. The summed E-state index contributed by atoms with van der Waals surface area (Å²) in [6, 6.07) is 2.42. The van der Waals surface area contributed by atoms with Gasteiger partial charge in [0.15, 0.2) is 5.96 Å². The van der Waals surface area contributed by atoms with Gasteiger partial charge in [0.1, 0.15) is 0 Å². The summed E-state index contributed by atoms with van der Waals surface area (Å²) in [7, 11) is 1.78. The molecule has 0 spiro atoms. The topological polar surface area (TPSA) is 83.8 Å². The van der Waals surface area contributed by atoms with E-state index in [0.29, 0.717) is 25.7 Å². The number of ether oxygens (including phenoxy) is 1. The lowest BCUT2D eigenvalue weighted by atomic mass is 10.1. The number of carbonyl (C=O) groups excluding carboxylic acids is 1. The van der Waals surface area contributed by atoms with Crippen LogP contribution in [0, 0.1) is 13.8 Å². The van der Waals surface area contributed by atoms with E-state index in [1.807, 2.05) is 18.5 Å². The van der Waals surface area contributed by atoms with Gasteiger partial charge < -0.3 is 20.3 Å². The lowest BCUT2D eigenvalue weighted by Gasteiger charge is -2.32. The van der Waals surface area contributed by atoms with E-state index in [4.69, 9.17) is 4.74 Å². The molecule has 0 bridgehead atoms. The monoisotopic (exact) mass is 364 g/mol. The highest BCUT2D eigenvalue weighted by Crippen LogP contribution is 2.11. The van der Waals surface area contributed by atoms with Crippen molar-refractivity contribution in [1.29, 1.82) is 0 Å². The van der Waals surface area contributed by atoms with E-state index in [9.17, 15) is 4.79 Å². The van der Waals surface area contributed by atoms with Crippen LogP contribution >= 0.6 is 0 Å². The summed E-state index contributed by atoms with van der Waals surface area (Å²) >= 11 is 0. The molecule has 0 unspecified atom stereocenters. The van der Waals surface area contributed by atoms with Gasteiger partial charge in [-0.05, 0) is 46.1 Å². The van der Waals surface area contributed by atoms with E-state index in [-0.39, 0.29) is 6.09 Å². The number of aliphatic imine (C=N–C) groups is 1. The van der Waals surface area contributed by atoms with E-state index in [0.717, 1.165) is 44.0 Å². The van der Waals surface area contributed by atoms with Gasteiger partial charge in [0.05, 0.1) is 12.3 Å². The fourth-order valence-electron chi connectivity index (χ4n) is 3.15. The van der Waals surface area contributed by atoms with E-state index in [2.05, 4.69) is 33.7 Å². The highest BCUT2D eigenvalue weighted by atomic mass is 16.6. The molecule has 0 aliphatic carbocycles. The standard InChI is InChI=1S/C18H32N6O2/c1-5-26-18(25)23-11-7-16(8-12-23)21-17(19-4)20-9-6-10-24-15(3)13-14(2)22-24/h13,16H,5-12H2,1-4H3,(H2,19,20,21). The van der Waals surface area contributed by atoms with Crippen LogP contribution in [0.2, 0.25) is 0 Å². The average molecular weight is 364 g/mol. The summed E-state index contributed by atoms with van der Waals surface area (Å²) in [6.07, 6.45) is 2.55. The van der Waals surface area contributed by atoms with E-state index in [1.54, 1.807) is 11.9 Å². The van der Waals surface area contributed by atoms with Crippen LogP contribution in [0.5, 0.6) is 0 Å². The van der Waals surface area contributed by atoms with Crippen LogP contribution in [0.4, 0.5) is 4.79 Å². The summed E-state index contributed by atoms with van der Waals surface area (Å²) in [5.74, 6) is 0.813. The highest BCUT2D eigenvalue weighted by molar-refractivity contribution is 5.80. The first-order valence-electron chi connectivity index (χ1n) is 9.43. The third kappa shape index (κ3) is 5.93. The van der Waals surface area contributed by atoms with Crippen molar-refractivity contribution >= 4 is 12.1 Å². The van der Waals surface area contributed by atoms with Gasteiger partial charge >= 0.3 is 6.09 Å². The second-order valence-corrected chi connectivity index (χ2v) is 6.61. The van der Waals surface area contributed by atoms with Gasteiger partial charge in [-0.1, -0.05) is 0 Å². The van der Waals surface area contributed by atoms with Crippen LogP contribution < -0.4 is 10.6 Å². The molecule has 1 fully saturated rings. The van der Waals surface area contributed by atoms with Gasteiger partial charge in [-0.2, -0.15) is 5.10 Å². The Hall–Kier alpha value is -2.25.